The lowest BCUT2D eigenvalue weighted by Crippen LogP contribution is -2.18. The zero-order valence-electron chi connectivity index (χ0n) is 11.3. The second-order valence-corrected chi connectivity index (χ2v) is 4.92. The van der Waals surface area contributed by atoms with E-state index >= 15 is 0 Å². The van der Waals surface area contributed by atoms with Crippen LogP contribution in [0.4, 0.5) is 5.69 Å². The van der Waals surface area contributed by atoms with Crippen LogP contribution in [-0.4, -0.2) is 10.5 Å². The summed E-state index contributed by atoms with van der Waals surface area (Å²) in [7, 11) is 0. The van der Waals surface area contributed by atoms with Gasteiger partial charge >= 0.3 is 0 Å². The van der Waals surface area contributed by atoms with Crippen LogP contribution in [0.3, 0.4) is 0 Å². The molecule has 100 valence electrons. The van der Waals surface area contributed by atoms with Gasteiger partial charge in [0.05, 0.1) is 0 Å². The van der Waals surface area contributed by atoms with E-state index in [1.54, 1.807) is 0 Å². The van der Waals surface area contributed by atoms with Gasteiger partial charge in [0.15, 0.2) is 0 Å². The minimum absolute atomic E-state index is 0.0167. The molecule has 3 aromatic rings. The Labute approximate surface area is 117 Å². The van der Waals surface area contributed by atoms with Crippen molar-refractivity contribution in [1.29, 1.82) is 0 Å². The lowest BCUT2D eigenvalue weighted by atomic mass is 10.2. The number of nitrogens with zero attached hydrogens (tertiary/aromatic N) is 1. The molecule has 0 unspecified atom stereocenters. The first-order valence-electron chi connectivity index (χ1n) is 6.63. The topological polar surface area (TPSA) is 34.0 Å². The first kappa shape index (κ1) is 12.5. The second-order valence-electron chi connectivity index (χ2n) is 4.92. The van der Waals surface area contributed by atoms with Crippen molar-refractivity contribution in [2.24, 2.45) is 0 Å². The van der Waals surface area contributed by atoms with E-state index in [9.17, 15) is 4.79 Å². The zero-order valence-corrected chi connectivity index (χ0v) is 11.3. The van der Waals surface area contributed by atoms with E-state index in [4.69, 9.17) is 0 Å². The molecule has 3 heteroatoms. The Kier molecular flexibility index (Phi) is 3.25. The number of nitrogens with one attached hydrogen (secondary N) is 1. The van der Waals surface area contributed by atoms with Gasteiger partial charge in [0, 0.05) is 17.4 Å². The Balaban J connectivity index is 1.76. The minimum Gasteiger partial charge on any atom is -0.338 e. The summed E-state index contributed by atoms with van der Waals surface area (Å²) in [5.74, 6) is -0.0167. The van der Waals surface area contributed by atoms with Crippen LogP contribution in [0, 0.1) is 6.92 Å². The summed E-state index contributed by atoms with van der Waals surface area (Å²) in [4.78, 5) is 12.1. The highest BCUT2D eigenvalue weighted by Crippen LogP contribution is 2.15. The largest absolute Gasteiger partial charge is 0.338 e. The van der Waals surface area contributed by atoms with Crippen LogP contribution in [-0.2, 0) is 11.3 Å². The molecule has 0 spiro atoms. The average Bonchev–Trinajstić information content (AvgIpc) is 2.82. The zero-order chi connectivity index (χ0) is 13.9. The highest BCUT2D eigenvalue weighted by molar-refractivity contribution is 5.92. The van der Waals surface area contributed by atoms with Crippen LogP contribution in [0.15, 0.2) is 60.8 Å². The highest BCUT2D eigenvalue weighted by atomic mass is 16.1. The maximum atomic E-state index is 12.1. The summed E-state index contributed by atoms with van der Waals surface area (Å²) in [6.45, 7) is 2.33. The van der Waals surface area contributed by atoms with Crippen molar-refractivity contribution in [3.63, 3.8) is 0 Å². The molecule has 0 saturated heterocycles. The monoisotopic (exact) mass is 264 g/mol. The van der Waals surface area contributed by atoms with Crippen molar-refractivity contribution in [2.45, 2.75) is 13.5 Å². The maximum Gasteiger partial charge on any atom is 0.244 e. The van der Waals surface area contributed by atoms with Crippen LogP contribution in [0.5, 0.6) is 0 Å². The Morgan fingerprint density at radius 3 is 2.80 bits per heavy atom. The molecule has 0 aliphatic heterocycles. The number of aromatic nitrogens is 1. The fourth-order valence-corrected chi connectivity index (χ4v) is 2.36. The quantitative estimate of drug-likeness (QED) is 0.770. The summed E-state index contributed by atoms with van der Waals surface area (Å²) in [5, 5.41) is 4.07. The molecule has 1 aromatic heterocycles. The number of benzene rings is 2. The van der Waals surface area contributed by atoms with Gasteiger partial charge in [-0.05, 0) is 42.1 Å². The van der Waals surface area contributed by atoms with E-state index < -0.39 is 0 Å². The minimum atomic E-state index is -0.0167. The number of para-hydroxylation sites is 1. The Morgan fingerprint density at radius 1 is 1.10 bits per heavy atom. The summed E-state index contributed by atoms with van der Waals surface area (Å²) in [6.07, 6.45) is 1.94. The summed E-state index contributed by atoms with van der Waals surface area (Å²) in [6, 6.07) is 17.9. The number of hydrogen-bond donors (Lipinski definition) is 1. The third-order valence-electron chi connectivity index (χ3n) is 3.30. The number of hydrogen-bond acceptors (Lipinski definition) is 1. The third kappa shape index (κ3) is 2.57. The highest BCUT2D eigenvalue weighted by Gasteiger charge is 2.06. The van der Waals surface area contributed by atoms with Crippen LogP contribution < -0.4 is 5.32 Å². The van der Waals surface area contributed by atoms with Crippen LogP contribution in [0.2, 0.25) is 0 Å². The maximum absolute atomic E-state index is 12.1. The number of aryl methyl sites for hydroxylation is 1. The van der Waals surface area contributed by atoms with Gasteiger partial charge in [-0.3, -0.25) is 4.79 Å². The van der Waals surface area contributed by atoms with E-state index in [2.05, 4.69) is 5.32 Å². The number of amides is 1. The molecule has 0 radical (unpaired) electrons. The van der Waals surface area contributed by atoms with Gasteiger partial charge in [0.1, 0.15) is 6.54 Å². The van der Waals surface area contributed by atoms with Crippen molar-refractivity contribution < 1.29 is 4.79 Å². The number of fused-ring (bicyclic) bond motifs is 1. The van der Waals surface area contributed by atoms with E-state index in [0.717, 1.165) is 22.2 Å². The molecule has 3 nitrogen and oxygen atoms in total. The van der Waals surface area contributed by atoms with Gasteiger partial charge in [-0.25, -0.2) is 0 Å². The third-order valence-corrected chi connectivity index (χ3v) is 3.30. The lowest BCUT2D eigenvalue weighted by Gasteiger charge is -2.08. The molecular formula is C17H16N2O. The summed E-state index contributed by atoms with van der Waals surface area (Å²) in [5.41, 5.74) is 3.05. The Hall–Kier alpha value is -2.55. The van der Waals surface area contributed by atoms with Gasteiger partial charge in [0.25, 0.3) is 0 Å². The molecule has 1 N–H and O–H groups in total. The molecule has 1 amide bonds. The van der Waals surface area contributed by atoms with Gasteiger partial charge in [-0.1, -0.05) is 30.3 Å². The number of carbonyl (C=O) groups is 1. The van der Waals surface area contributed by atoms with Crippen molar-refractivity contribution in [3.05, 3.63) is 66.4 Å². The number of carbonyl (C=O) groups excluding carboxylic acids is 1. The van der Waals surface area contributed by atoms with Crippen LogP contribution in [0.25, 0.3) is 10.9 Å². The molecule has 0 aliphatic carbocycles. The number of anilines is 1. The Bertz CT molecular complexity index is 758. The summed E-state index contributed by atoms with van der Waals surface area (Å²) >= 11 is 0. The average molecular weight is 264 g/mol. The number of rotatable bonds is 3. The van der Waals surface area contributed by atoms with Crippen molar-refractivity contribution in [2.75, 3.05) is 5.32 Å². The fraction of sp³-hybridized carbons (Fsp3) is 0.118. The normalized spacial score (nSPS) is 10.7. The van der Waals surface area contributed by atoms with Gasteiger partial charge in [-0.15, -0.1) is 0 Å². The lowest BCUT2D eigenvalue weighted by molar-refractivity contribution is -0.116. The molecule has 0 fully saturated rings. The smallest absolute Gasteiger partial charge is 0.244 e. The van der Waals surface area contributed by atoms with E-state index in [-0.39, 0.29) is 5.91 Å². The molecular weight excluding hydrogens is 248 g/mol. The molecule has 1 heterocycles. The van der Waals surface area contributed by atoms with Crippen LogP contribution >= 0.6 is 0 Å². The molecule has 3 rings (SSSR count). The first-order valence-corrected chi connectivity index (χ1v) is 6.63. The SMILES string of the molecule is Cc1cccc(NC(=O)Cn2ccc3ccccc32)c1. The van der Waals surface area contributed by atoms with Gasteiger partial charge in [0.2, 0.25) is 5.91 Å². The molecule has 20 heavy (non-hydrogen) atoms. The van der Waals surface area contributed by atoms with Crippen molar-refractivity contribution in [1.82, 2.24) is 4.57 Å². The van der Waals surface area contributed by atoms with E-state index in [0.29, 0.717) is 6.54 Å². The van der Waals surface area contributed by atoms with Crippen LogP contribution in [0.1, 0.15) is 5.56 Å². The molecule has 0 atom stereocenters. The fourth-order valence-electron chi connectivity index (χ4n) is 2.36. The predicted octanol–water partition coefficient (Wildman–Crippen LogP) is 3.59. The van der Waals surface area contributed by atoms with Gasteiger partial charge in [-0.2, -0.15) is 0 Å². The van der Waals surface area contributed by atoms with E-state index in [1.165, 1.54) is 0 Å². The second kappa shape index (κ2) is 5.21. The van der Waals surface area contributed by atoms with E-state index in [1.807, 2.05) is 72.3 Å². The first-order chi connectivity index (χ1) is 9.72. The molecule has 0 saturated carbocycles. The molecule has 0 aliphatic rings. The van der Waals surface area contributed by atoms with Crippen molar-refractivity contribution in [3.8, 4) is 0 Å². The molecule has 0 bridgehead atoms. The predicted molar refractivity (Wildman–Crippen MR) is 81.7 cm³/mol. The standard InChI is InChI=1S/C17H16N2O/c1-13-5-4-7-15(11-13)18-17(20)12-19-10-9-14-6-2-3-8-16(14)19/h2-11H,12H2,1H3,(H,18,20). The Morgan fingerprint density at radius 2 is 1.95 bits per heavy atom. The van der Waals surface area contributed by atoms with Gasteiger partial charge < -0.3 is 9.88 Å². The van der Waals surface area contributed by atoms with Crippen molar-refractivity contribution >= 4 is 22.5 Å². The summed E-state index contributed by atoms with van der Waals surface area (Å²) < 4.78 is 1.96. The molecule has 2 aromatic carbocycles.